The number of urea groups is 1. The van der Waals surface area contributed by atoms with Crippen molar-refractivity contribution in [1.29, 1.82) is 0 Å². The zero-order valence-corrected chi connectivity index (χ0v) is 12.9. The maximum Gasteiger partial charge on any atom is 0.319 e. The molecule has 6 nitrogen and oxygen atoms in total. The van der Waals surface area contributed by atoms with Crippen molar-refractivity contribution in [3.63, 3.8) is 0 Å². The van der Waals surface area contributed by atoms with Crippen molar-refractivity contribution >= 4 is 11.7 Å². The van der Waals surface area contributed by atoms with Gasteiger partial charge in [0.15, 0.2) is 11.6 Å². The van der Waals surface area contributed by atoms with Gasteiger partial charge in [0.25, 0.3) is 5.56 Å². The van der Waals surface area contributed by atoms with Gasteiger partial charge in [0.05, 0.1) is 6.54 Å². The van der Waals surface area contributed by atoms with Crippen molar-refractivity contribution in [2.45, 2.75) is 13.0 Å². The van der Waals surface area contributed by atoms with E-state index in [1.54, 1.807) is 38.4 Å². The summed E-state index contributed by atoms with van der Waals surface area (Å²) in [7, 11) is 1.59. The van der Waals surface area contributed by atoms with Crippen LogP contribution in [-0.2, 0) is 7.05 Å². The molecule has 0 saturated carbocycles. The van der Waals surface area contributed by atoms with Gasteiger partial charge in [0.1, 0.15) is 11.8 Å². The molecule has 1 aromatic heterocycles. The van der Waals surface area contributed by atoms with Gasteiger partial charge in [-0.05, 0) is 31.2 Å². The molecule has 0 spiro atoms. The molecule has 2 rings (SSSR count). The molecule has 0 aliphatic rings. The van der Waals surface area contributed by atoms with E-state index in [1.165, 1.54) is 22.8 Å². The first kappa shape index (κ1) is 16.5. The Kier molecular flexibility index (Phi) is 5.35. The lowest BCUT2D eigenvalue weighted by Crippen LogP contribution is -2.37. The van der Waals surface area contributed by atoms with Crippen LogP contribution in [0.4, 0.5) is 14.9 Å². The summed E-state index contributed by atoms with van der Waals surface area (Å²) in [4.78, 5) is 23.6. The van der Waals surface area contributed by atoms with Gasteiger partial charge in [-0.15, -0.1) is 0 Å². The van der Waals surface area contributed by atoms with Crippen LogP contribution >= 0.6 is 0 Å². The van der Waals surface area contributed by atoms with Gasteiger partial charge >= 0.3 is 6.03 Å². The molecule has 0 radical (unpaired) electrons. The normalized spacial score (nSPS) is 11.6. The third-order valence-corrected chi connectivity index (χ3v) is 3.09. The van der Waals surface area contributed by atoms with Crippen LogP contribution in [0.25, 0.3) is 0 Å². The molecule has 1 unspecified atom stereocenters. The predicted molar refractivity (Wildman–Crippen MR) is 85.2 cm³/mol. The van der Waals surface area contributed by atoms with Gasteiger partial charge in [-0.3, -0.25) is 4.79 Å². The van der Waals surface area contributed by atoms with Gasteiger partial charge in [-0.1, -0.05) is 12.1 Å². The molecular formula is C16H18FN3O3. The van der Waals surface area contributed by atoms with Gasteiger partial charge < -0.3 is 19.9 Å². The van der Waals surface area contributed by atoms with Gasteiger partial charge in [-0.25, -0.2) is 9.18 Å². The first-order chi connectivity index (χ1) is 11.0. The Balaban J connectivity index is 1.85. The third kappa shape index (κ3) is 4.57. The van der Waals surface area contributed by atoms with E-state index < -0.39 is 18.0 Å². The lowest BCUT2D eigenvalue weighted by molar-refractivity contribution is 0.205. The molecule has 0 aliphatic carbocycles. The minimum Gasteiger partial charge on any atom is -0.486 e. The van der Waals surface area contributed by atoms with E-state index in [4.69, 9.17) is 4.74 Å². The fourth-order valence-electron chi connectivity index (χ4n) is 1.89. The second kappa shape index (κ2) is 7.44. The smallest absolute Gasteiger partial charge is 0.319 e. The van der Waals surface area contributed by atoms with Crippen molar-refractivity contribution in [1.82, 2.24) is 9.88 Å². The molecule has 0 fully saturated rings. The fraction of sp³-hybridized carbons (Fsp3) is 0.250. The number of halogens is 1. The summed E-state index contributed by atoms with van der Waals surface area (Å²) in [5, 5.41) is 5.04. The molecule has 2 N–H and O–H groups in total. The maximum atomic E-state index is 13.5. The molecule has 2 aromatic rings. The lowest BCUT2D eigenvalue weighted by atomic mass is 10.3. The van der Waals surface area contributed by atoms with E-state index in [1.807, 2.05) is 0 Å². The minimum atomic E-state index is -0.530. The predicted octanol–water partition coefficient (Wildman–Crippen LogP) is 2.11. The number of ether oxygens (including phenoxy) is 1. The molecular weight excluding hydrogens is 301 g/mol. The number of nitrogens with one attached hydrogen (secondary N) is 2. The summed E-state index contributed by atoms with van der Waals surface area (Å²) in [5.41, 5.74) is -0.131. The van der Waals surface area contributed by atoms with Crippen molar-refractivity contribution in [3.05, 3.63) is 58.8 Å². The van der Waals surface area contributed by atoms with Crippen molar-refractivity contribution in [2.75, 3.05) is 11.9 Å². The van der Waals surface area contributed by atoms with Crippen LogP contribution in [0.3, 0.4) is 0 Å². The first-order valence-electron chi connectivity index (χ1n) is 7.09. The number of amides is 2. The number of hydrogen-bond donors (Lipinski definition) is 2. The third-order valence-electron chi connectivity index (χ3n) is 3.09. The van der Waals surface area contributed by atoms with E-state index in [2.05, 4.69) is 10.6 Å². The molecule has 0 saturated heterocycles. The molecule has 1 heterocycles. The zero-order valence-electron chi connectivity index (χ0n) is 12.9. The number of pyridine rings is 1. The highest BCUT2D eigenvalue weighted by Gasteiger charge is 2.10. The summed E-state index contributed by atoms with van der Waals surface area (Å²) in [6, 6.07) is 8.68. The Hall–Kier alpha value is -2.83. The molecule has 122 valence electrons. The van der Waals surface area contributed by atoms with E-state index >= 15 is 0 Å². The number of hydrogen-bond acceptors (Lipinski definition) is 3. The average molecular weight is 319 g/mol. The number of nitrogens with zero attached hydrogens (tertiary/aromatic N) is 1. The average Bonchev–Trinajstić information content (AvgIpc) is 2.52. The van der Waals surface area contributed by atoms with Gasteiger partial charge in [0.2, 0.25) is 0 Å². The lowest BCUT2D eigenvalue weighted by Gasteiger charge is -2.16. The summed E-state index contributed by atoms with van der Waals surface area (Å²) in [5.74, 6) is -0.337. The highest BCUT2D eigenvalue weighted by atomic mass is 19.1. The van der Waals surface area contributed by atoms with Gasteiger partial charge in [-0.2, -0.15) is 0 Å². The Labute approximate surface area is 132 Å². The second-order valence-electron chi connectivity index (χ2n) is 5.03. The second-order valence-corrected chi connectivity index (χ2v) is 5.03. The topological polar surface area (TPSA) is 72.4 Å². The van der Waals surface area contributed by atoms with Crippen molar-refractivity contribution < 1.29 is 13.9 Å². The monoisotopic (exact) mass is 319 g/mol. The SMILES string of the molecule is CC(CNC(=O)Nc1cccn(C)c1=O)Oc1ccccc1F. The number of carbonyl (C=O) groups excluding carboxylic acids is 1. The molecule has 7 heteroatoms. The number of anilines is 1. The molecule has 0 bridgehead atoms. The van der Waals surface area contributed by atoms with E-state index in [0.29, 0.717) is 0 Å². The Morgan fingerprint density at radius 2 is 2.04 bits per heavy atom. The van der Waals surface area contributed by atoms with Crippen LogP contribution in [0.15, 0.2) is 47.4 Å². The number of para-hydroxylation sites is 1. The molecule has 1 aromatic carbocycles. The molecule has 2 amide bonds. The summed E-state index contributed by atoms with van der Waals surface area (Å²) in [6.07, 6.45) is 1.16. The first-order valence-corrected chi connectivity index (χ1v) is 7.09. The van der Waals surface area contributed by atoms with Crippen molar-refractivity contribution in [2.24, 2.45) is 7.05 Å². The number of carbonyl (C=O) groups is 1. The highest BCUT2D eigenvalue weighted by Crippen LogP contribution is 2.16. The Morgan fingerprint density at radius 3 is 2.78 bits per heavy atom. The van der Waals surface area contributed by atoms with Crippen LogP contribution in [0.2, 0.25) is 0 Å². The maximum absolute atomic E-state index is 13.5. The van der Waals surface area contributed by atoms with E-state index in [-0.39, 0.29) is 23.5 Å². The van der Waals surface area contributed by atoms with Crippen LogP contribution in [0, 0.1) is 5.82 Å². The molecule has 0 aliphatic heterocycles. The standard InChI is InChI=1S/C16H18FN3O3/c1-11(23-14-8-4-3-6-12(14)17)10-18-16(22)19-13-7-5-9-20(2)15(13)21/h3-9,11H,10H2,1-2H3,(H2,18,19,22). The zero-order chi connectivity index (χ0) is 16.8. The highest BCUT2D eigenvalue weighted by molar-refractivity contribution is 5.88. The largest absolute Gasteiger partial charge is 0.486 e. The number of aryl methyl sites for hydroxylation is 1. The fourth-order valence-corrected chi connectivity index (χ4v) is 1.89. The number of rotatable bonds is 5. The molecule has 1 atom stereocenters. The Morgan fingerprint density at radius 1 is 1.30 bits per heavy atom. The number of aromatic nitrogens is 1. The van der Waals surface area contributed by atoms with Crippen LogP contribution < -0.4 is 20.9 Å². The van der Waals surface area contributed by atoms with Crippen LogP contribution in [0.5, 0.6) is 5.75 Å². The summed E-state index contributed by atoms with van der Waals surface area (Å²) in [6.45, 7) is 1.86. The summed E-state index contributed by atoms with van der Waals surface area (Å²) >= 11 is 0. The molecule has 23 heavy (non-hydrogen) atoms. The Bertz CT molecular complexity index is 745. The minimum absolute atomic E-state index is 0.124. The van der Waals surface area contributed by atoms with Crippen LogP contribution in [-0.4, -0.2) is 23.2 Å². The van der Waals surface area contributed by atoms with Crippen LogP contribution in [0.1, 0.15) is 6.92 Å². The van der Waals surface area contributed by atoms with Gasteiger partial charge in [0, 0.05) is 13.2 Å². The van der Waals surface area contributed by atoms with E-state index in [9.17, 15) is 14.0 Å². The quantitative estimate of drug-likeness (QED) is 0.886. The number of benzene rings is 1. The van der Waals surface area contributed by atoms with Crippen molar-refractivity contribution in [3.8, 4) is 5.75 Å². The summed E-state index contributed by atoms with van der Waals surface area (Å²) < 4.78 is 20.2. The van der Waals surface area contributed by atoms with E-state index in [0.717, 1.165) is 0 Å².